The molecule has 0 bridgehead atoms. The summed E-state index contributed by atoms with van der Waals surface area (Å²) in [6, 6.07) is 2.38. The average molecular weight is 251 g/mol. The van der Waals surface area contributed by atoms with Crippen molar-refractivity contribution in [3.8, 4) is 0 Å². The maximum atomic E-state index is 5.96. The summed E-state index contributed by atoms with van der Waals surface area (Å²) in [5, 5.41) is 2.36. The molecule has 0 aromatic carbocycles. The van der Waals surface area contributed by atoms with Gasteiger partial charge in [-0.15, -0.1) is 11.3 Å². The second kappa shape index (κ2) is 6.01. The molecule has 1 aliphatic rings. The lowest BCUT2D eigenvalue weighted by molar-refractivity contribution is 0.230. The number of hydrogen-bond acceptors (Lipinski definition) is 2. The molecule has 1 saturated carbocycles. The van der Waals surface area contributed by atoms with E-state index in [9.17, 15) is 0 Å². The highest BCUT2D eigenvalue weighted by Crippen LogP contribution is 2.42. The molecule has 1 nitrogen and oxygen atoms in total. The molecule has 1 aromatic heterocycles. The van der Waals surface area contributed by atoms with Gasteiger partial charge in [0.2, 0.25) is 0 Å². The minimum Gasteiger partial charge on any atom is -0.330 e. The standard InChI is InChI=1S/C15H25NS/c1-3-4-12-5-6-13(9-16)15(8-12)14-7-11(2)17-10-14/h7,10,12-13,15H,3-6,8-9,16H2,1-2H3. The molecule has 3 atom stereocenters. The topological polar surface area (TPSA) is 26.0 Å². The van der Waals surface area contributed by atoms with Gasteiger partial charge in [0.1, 0.15) is 0 Å². The number of thiophene rings is 1. The molecular formula is C15H25NS. The van der Waals surface area contributed by atoms with Crippen molar-refractivity contribution in [1.29, 1.82) is 0 Å². The van der Waals surface area contributed by atoms with Gasteiger partial charge in [0.05, 0.1) is 0 Å². The fraction of sp³-hybridized carbons (Fsp3) is 0.733. The third-order valence-electron chi connectivity index (χ3n) is 4.28. The van der Waals surface area contributed by atoms with Gasteiger partial charge in [0.15, 0.2) is 0 Å². The summed E-state index contributed by atoms with van der Waals surface area (Å²) in [6.45, 7) is 5.37. The Bertz CT molecular complexity index is 344. The van der Waals surface area contributed by atoms with E-state index < -0.39 is 0 Å². The van der Waals surface area contributed by atoms with Crippen molar-refractivity contribution >= 4 is 11.3 Å². The van der Waals surface area contributed by atoms with Crippen molar-refractivity contribution < 1.29 is 0 Å². The minimum atomic E-state index is 0.720. The molecule has 0 radical (unpaired) electrons. The molecule has 0 aliphatic heterocycles. The van der Waals surface area contributed by atoms with Crippen LogP contribution in [0.15, 0.2) is 11.4 Å². The Morgan fingerprint density at radius 1 is 1.41 bits per heavy atom. The van der Waals surface area contributed by atoms with Gasteiger partial charge in [-0.25, -0.2) is 0 Å². The molecule has 0 spiro atoms. The van der Waals surface area contributed by atoms with Crippen molar-refractivity contribution in [3.63, 3.8) is 0 Å². The maximum absolute atomic E-state index is 5.96. The first-order valence-corrected chi connectivity index (χ1v) is 7.87. The van der Waals surface area contributed by atoms with E-state index in [0.717, 1.165) is 24.3 Å². The highest BCUT2D eigenvalue weighted by atomic mass is 32.1. The van der Waals surface area contributed by atoms with Crippen LogP contribution >= 0.6 is 11.3 Å². The average Bonchev–Trinajstić information content (AvgIpc) is 2.76. The predicted octanol–water partition coefficient (Wildman–Crippen LogP) is 4.32. The van der Waals surface area contributed by atoms with Crippen molar-refractivity contribution in [3.05, 3.63) is 21.9 Å². The van der Waals surface area contributed by atoms with Gasteiger partial charge in [-0.3, -0.25) is 0 Å². The summed E-state index contributed by atoms with van der Waals surface area (Å²) in [6.07, 6.45) is 6.83. The van der Waals surface area contributed by atoms with Crippen LogP contribution in [0.2, 0.25) is 0 Å². The fourth-order valence-corrected chi connectivity index (χ4v) is 4.11. The number of aryl methyl sites for hydroxylation is 1. The van der Waals surface area contributed by atoms with Crippen LogP contribution in [0.1, 0.15) is 55.4 Å². The van der Waals surface area contributed by atoms with Gasteiger partial charge >= 0.3 is 0 Å². The van der Waals surface area contributed by atoms with Crippen LogP contribution in [0.4, 0.5) is 0 Å². The molecule has 0 saturated heterocycles. The Morgan fingerprint density at radius 2 is 2.24 bits per heavy atom. The monoisotopic (exact) mass is 251 g/mol. The lowest BCUT2D eigenvalue weighted by Crippen LogP contribution is -2.28. The predicted molar refractivity (Wildman–Crippen MR) is 76.6 cm³/mol. The second-order valence-electron chi connectivity index (χ2n) is 5.56. The van der Waals surface area contributed by atoms with Crippen molar-refractivity contribution in [2.75, 3.05) is 6.54 Å². The largest absolute Gasteiger partial charge is 0.330 e. The van der Waals surface area contributed by atoms with Crippen LogP contribution in [0.25, 0.3) is 0 Å². The normalized spacial score (nSPS) is 29.5. The molecule has 3 unspecified atom stereocenters. The van der Waals surface area contributed by atoms with E-state index in [1.807, 2.05) is 11.3 Å². The lowest BCUT2D eigenvalue weighted by Gasteiger charge is -2.35. The van der Waals surface area contributed by atoms with E-state index in [4.69, 9.17) is 5.73 Å². The zero-order chi connectivity index (χ0) is 12.3. The summed E-state index contributed by atoms with van der Waals surface area (Å²) < 4.78 is 0. The van der Waals surface area contributed by atoms with E-state index in [-0.39, 0.29) is 0 Å². The number of rotatable bonds is 4. The van der Waals surface area contributed by atoms with Gasteiger partial charge in [0, 0.05) is 4.88 Å². The van der Waals surface area contributed by atoms with Gasteiger partial charge in [-0.2, -0.15) is 0 Å². The summed E-state index contributed by atoms with van der Waals surface area (Å²) in [5.74, 6) is 2.39. The van der Waals surface area contributed by atoms with Crippen LogP contribution in [0, 0.1) is 18.8 Å². The van der Waals surface area contributed by atoms with Gasteiger partial charge in [-0.1, -0.05) is 26.2 Å². The van der Waals surface area contributed by atoms with Crippen molar-refractivity contribution in [2.24, 2.45) is 17.6 Å². The molecule has 17 heavy (non-hydrogen) atoms. The van der Waals surface area contributed by atoms with Crippen LogP contribution in [-0.4, -0.2) is 6.54 Å². The van der Waals surface area contributed by atoms with E-state index in [2.05, 4.69) is 25.3 Å². The molecule has 96 valence electrons. The van der Waals surface area contributed by atoms with Crippen LogP contribution in [-0.2, 0) is 0 Å². The molecular weight excluding hydrogens is 226 g/mol. The van der Waals surface area contributed by atoms with Gasteiger partial charge < -0.3 is 5.73 Å². The minimum absolute atomic E-state index is 0.720. The Labute approximate surface area is 109 Å². The van der Waals surface area contributed by atoms with E-state index in [1.165, 1.54) is 37.0 Å². The summed E-state index contributed by atoms with van der Waals surface area (Å²) in [5.41, 5.74) is 7.52. The Hall–Kier alpha value is -0.340. The Balaban J connectivity index is 2.09. The maximum Gasteiger partial charge on any atom is 0.00171 e. The summed E-state index contributed by atoms with van der Waals surface area (Å²) >= 11 is 1.88. The van der Waals surface area contributed by atoms with Gasteiger partial charge in [-0.05, 0) is 61.1 Å². The van der Waals surface area contributed by atoms with Gasteiger partial charge in [0.25, 0.3) is 0 Å². The molecule has 0 amide bonds. The fourth-order valence-electron chi connectivity index (χ4n) is 3.34. The van der Waals surface area contributed by atoms with Crippen LogP contribution < -0.4 is 5.73 Å². The molecule has 2 N–H and O–H groups in total. The smallest absolute Gasteiger partial charge is 0.00171 e. The zero-order valence-electron chi connectivity index (χ0n) is 11.1. The highest BCUT2D eigenvalue weighted by Gasteiger charge is 2.30. The third kappa shape index (κ3) is 3.11. The molecule has 1 fully saturated rings. The SMILES string of the molecule is CCCC1CCC(CN)C(c2csc(C)c2)C1. The van der Waals surface area contributed by atoms with Crippen molar-refractivity contribution in [2.45, 2.75) is 51.9 Å². The Morgan fingerprint density at radius 3 is 2.82 bits per heavy atom. The quantitative estimate of drug-likeness (QED) is 0.847. The first-order chi connectivity index (χ1) is 8.24. The molecule has 1 heterocycles. The Kier molecular flexibility index (Phi) is 4.63. The molecule has 2 heteroatoms. The van der Waals surface area contributed by atoms with Crippen LogP contribution in [0.3, 0.4) is 0 Å². The summed E-state index contributed by atoms with van der Waals surface area (Å²) in [4.78, 5) is 1.44. The van der Waals surface area contributed by atoms with E-state index >= 15 is 0 Å². The van der Waals surface area contributed by atoms with E-state index in [0.29, 0.717) is 0 Å². The first-order valence-electron chi connectivity index (χ1n) is 6.99. The van der Waals surface area contributed by atoms with Crippen molar-refractivity contribution in [1.82, 2.24) is 0 Å². The summed E-state index contributed by atoms with van der Waals surface area (Å²) in [7, 11) is 0. The second-order valence-corrected chi connectivity index (χ2v) is 6.68. The lowest BCUT2D eigenvalue weighted by atomic mass is 9.70. The highest BCUT2D eigenvalue weighted by molar-refractivity contribution is 7.10. The molecule has 1 aromatic rings. The van der Waals surface area contributed by atoms with Crippen LogP contribution in [0.5, 0.6) is 0 Å². The third-order valence-corrected chi connectivity index (χ3v) is 5.16. The molecule has 2 rings (SSSR count). The number of nitrogens with two attached hydrogens (primary N) is 1. The zero-order valence-corrected chi connectivity index (χ0v) is 11.9. The number of hydrogen-bond donors (Lipinski definition) is 1. The first kappa shape index (κ1) is 13.1. The molecule has 1 aliphatic carbocycles. The van der Waals surface area contributed by atoms with E-state index in [1.54, 1.807) is 5.56 Å².